The van der Waals surface area contributed by atoms with Crippen LogP contribution in [-0.4, -0.2) is 4.98 Å². The summed E-state index contributed by atoms with van der Waals surface area (Å²) in [6, 6.07) is 5.79. The van der Waals surface area contributed by atoms with E-state index in [1.165, 1.54) is 0 Å². The molecule has 1 rings (SSSR count). The van der Waals surface area contributed by atoms with E-state index in [9.17, 15) is 0 Å². The Morgan fingerprint density at radius 3 is 2.90 bits per heavy atom. The van der Waals surface area contributed by atoms with Crippen molar-refractivity contribution in [1.29, 1.82) is 0 Å². The number of hydrogen-bond acceptors (Lipinski definition) is 1. The first kappa shape index (κ1) is 6.75. The molecule has 1 aromatic rings. The number of rotatable bonds is 2. The van der Waals surface area contributed by atoms with Crippen LogP contribution in [0.15, 0.2) is 43.1 Å². The van der Waals surface area contributed by atoms with Crippen molar-refractivity contribution in [2.75, 3.05) is 0 Å². The van der Waals surface area contributed by atoms with Gasteiger partial charge in [-0.05, 0) is 18.2 Å². The van der Waals surface area contributed by atoms with E-state index in [1.807, 2.05) is 30.4 Å². The molecule has 1 heteroatoms. The van der Waals surface area contributed by atoms with Gasteiger partial charge in [-0.25, -0.2) is 0 Å². The molecule has 0 aliphatic carbocycles. The standard InChI is InChI=1S/C9H9N/c1-2-3-6-9-7-4-5-8-10-9/h2-8H,1H2/b6-3+. The summed E-state index contributed by atoms with van der Waals surface area (Å²) in [5, 5.41) is 0. The molecule has 10 heavy (non-hydrogen) atoms. The lowest BCUT2D eigenvalue weighted by Gasteiger charge is -1.86. The third kappa shape index (κ3) is 1.86. The Hall–Kier alpha value is -1.37. The topological polar surface area (TPSA) is 12.9 Å². The minimum Gasteiger partial charge on any atom is -0.257 e. The molecule has 0 atom stereocenters. The van der Waals surface area contributed by atoms with E-state index in [0.29, 0.717) is 0 Å². The van der Waals surface area contributed by atoms with Crippen LogP contribution in [0.2, 0.25) is 0 Å². The highest BCUT2D eigenvalue weighted by molar-refractivity contribution is 5.45. The average Bonchev–Trinajstić information content (AvgIpc) is 2.03. The van der Waals surface area contributed by atoms with Crippen molar-refractivity contribution in [2.24, 2.45) is 0 Å². The van der Waals surface area contributed by atoms with Crippen molar-refractivity contribution in [3.05, 3.63) is 48.8 Å². The van der Waals surface area contributed by atoms with Gasteiger partial charge >= 0.3 is 0 Å². The molecule has 0 N–H and O–H groups in total. The first-order chi connectivity index (χ1) is 4.93. The second-order valence-corrected chi connectivity index (χ2v) is 1.85. The maximum atomic E-state index is 4.08. The van der Waals surface area contributed by atoms with Crippen LogP contribution in [0.5, 0.6) is 0 Å². The lowest BCUT2D eigenvalue weighted by molar-refractivity contribution is 1.30. The Morgan fingerprint density at radius 1 is 1.40 bits per heavy atom. The summed E-state index contributed by atoms with van der Waals surface area (Å²) in [5.41, 5.74) is 0.961. The van der Waals surface area contributed by atoms with Gasteiger partial charge in [-0.1, -0.05) is 24.8 Å². The Balaban J connectivity index is 2.76. The number of nitrogens with zero attached hydrogens (tertiary/aromatic N) is 1. The van der Waals surface area contributed by atoms with Crippen molar-refractivity contribution in [2.45, 2.75) is 0 Å². The SMILES string of the molecule is C=C/C=C/c1ccccn1. The highest BCUT2D eigenvalue weighted by Crippen LogP contribution is 1.95. The maximum Gasteiger partial charge on any atom is 0.0629 e. The predicted octanol–water partition coefficient (Wildman–Crippen LogP) is 2.28. The van der Waals surface area contributed by atoms with Gasteiger partial charge < -0.3 is 0 Å². The van der Waals surface area contributed by atoms with Gasteiger partial charge in [0, 0.05) is 6.20 Å². The molecule has 1 nitrogen and oxygen atoms in total. The summed E-state index contributed by atoms with van der Waals surface area (Å²) in [6.45, 7) is 3.56. The van der Waals surface area contributed by atoms with Crippen molar-refractivity contribution in [3.63, 3.8) is 0 Å². The Bertz CT molecular complexity index is 224. The fraction of sp³-hybridized carbons (Fsp3) is 0. The van der Waals surface area contributed by atoms with Gasteiger partial charge in [0.25, 0.3) is 0 Å². The third-order valence-electron chi connectivity index (χ3n) is 1.09. The van der Waals surface area contributed by atoms with Gasteiger partial charge in [-0.3, -0.25) is 4.98 Å². The van der Waals surface area contributed by atoms with Crippen LogP contribution >= 0.6 is 0 Å². The summed E-state index contributed by atoms with van der Waals surface area (Å²) < 4.78 is 0. The van der Waals surface area contributed by atoms with Gasteiger partial charge in [0.05, 0.1) is 5.69 Å². The summed E-state index contributed by atoms with van der Waals surface area (Å²) in [5.74, 6) is 0. The smallest absolute Gasteiger partial charge is 0.0629 e. The summed E-state index contributed by atoms with van der Waals surface area (Å²) in [4.78, 5) is 4.08. The second-order valence-electron chi connectivity index (χ2n) is 1.85. The fourth-order valence-electron chi connectivity index (χ4n) is 0.641. The molecular formula is C9H9N. The molecule has 0 amide bonds. The highest BCUT2D eigenvalue weighted by Gasteiger charge is 1.79. The van der Waals surface area contributed by atoms with Gasteiger partial charge in [0.1, 0.15) is 0 Å². The molecule has 0 aliphatic heterocycles. The minimum absolute atomic E-state index is 0.961. The van der Waals surface area contributed by atoms with Crippen LogP contribution in [0.4, 0.5) is 0 Å². The zero-order chi connectivity index (χ0) is 7.23. The summed E-state index contributed by atoms with van der Waals surface area (Å²) in [7, 11) is 0. The lowest BCUT2D eigenvalue weighted by Crippen LogP contribution is -1.74. The largest absolute Gasteiger partial charge is 0.257 e. The quantitative estimate of drug-likeness (QED) is 0.561. The monoisotopic (exact) mass is 131 g/mol. The molecule has 0 saturated heterocycles. The van der Waals surface area contributed by atoms with Crippen LogP contribution in [0.25, 0.3) is 6.08 Å². The van der Waals surface area contributed by atoms with E-state index >= 15 is 0 Å². The van der Waals surface area contributed by atoms with E-state index in [0.717, 1.165) is 5.69 Å². The lowest BCUT2D eigenvalue weighted by atomic mass is 10.3. The van der Waals surface area contributed by atoms with Crippen molar-refractivity contribution >= 4 is 6.08 Å². The minimum atomic E-state index is 0.961. The van der Waals surface area contributed by atoms with E-state index < -0.39 is 0 Å². The third-order valence-corrected chi connectivity index (χ3v) is 1.09. The molecule has 0 aliphatic rings. The Labute approximate surface area is 60.7 Å². The predicted molar refractivity (Wildman–Crippen MR) is 43.5 cm³/mol. The number of allylic oxidation sites excluding steroid dienone is 2. The summed E-state index contributed by atoms with van der Waals surface area (Å²) in [6.07, 6.45) is 7.27. The van der Waals surface area contributed by atoms with Gasteiger partial charge in [-0.2, -0.15) is 0 Å². The number of aromatic nitrogens is 1. The van der Waals surface area contributed by atoms with Gasteiger partial charge in [0.15, 0.2) is 0 Å². The molecule has 50 valence electrons. The van der Waals surface area contributed by atoms with Crippen molar-refractivity contribution in [1.82, 2.24) is 4.98 Å². The average molecular weight is 131 g/mol. The van der Waals surface area contributed by atoms with Crippen LogP contribution in [0.3, 0.4) is 0 Å². The maximum absolute atomic E-state index is 4.08. The Morgan fingerprint density at radius 2 is 2.30 bits per heavy atom. The van der Waals surface area contributed by atoms with Crippen molar-refractivity contribution in [3.8, 4) is 0 Å². The highest BCUT2D eigenvalue weighted by atomic mass is 14.6. The normalized spacial score (nSPS) is 10.0. The van der Waals surface area contributed by atoms with E-state index in [4.69, 9.17) is 0 Å². The van der Waals surface area contributed by atoms with E-state index in [-0.39, 0.29) is 0 Å². The zero-order valence-corrected chi connectivity index (χ0v) is 5.70. The molecule has 1 heterocycles. The molecule has 0 aromatic carbocycles. The molecular weight excluding hydrogens is 122 g/mol. The van der Waals surface area contributed by atoms with Crippen LogP contribution in [0.1, 0.15) is 5.69 Å². The fourth-order valence-corrected chi connectivity index (χ4v) is 0.641. The van der Waals surface area contributed by atoms with Crippen molar-refractivity contribution < 1.29 is 0 Å². The molecule has 0 fully saturated rings. The Kier molecular flexibility index (Phi) is 2.44. The second kappa shape index (κ2) is 3.62. The van der Waals surface area contributed by atoms with Gasteiger partial charge in [-0.15, -0.1) is 0 Å². The van der Waals surface area contributed by atoms with Gasteiger partial charge in [0.2, 0.25) is 0 Å². The molecule has 0 saturated carbocycles. The first-order valence-electron chi connectivity index (χ1n) is 3.13. The molecule has 0 radical (unpaired) electrons. The van der Waals surface area contributed by atoms with Crippen LogP contribution in [0, 0.1) is 0 Å². The zero-order valence-electron chi connectivity index (χ0n) is 5.70. The molecule has 0 spiro atoms. The molecule has 0 unspecified atom stereocenters. The molecule has 0 bridgehead atoms. The van der Waals surface area contributed by atoms with Crippen LogP contribution in [-0.2, 0) is 0 Å². The van der Waals surface area contributed by atoms with E-state index in [1.54, 1.807) is 12.3 Å². The summed E-state index contributed by atoms with van der Waals surface area (Å²) >= 11 is 0. The first-order valence-corrected chi connectivity index (χ1v) is 3.13. The molecule has 1 aromatic heterocycles. The van der Waals surface area contributed by atoms with E-state index in [2.05, 4.69) is 11.6 Å². The number of pyridine rings is 1. The van der Waals surface area contributed by atoms with Crippen LogP contribution < -0.4 is 0 Å². The number of hydrogen-bond donors (Lipinski definition) is 0.